The van der Waals surface area contributed by atoms with Crippen molar-refractivity contribution < 1.29 is 4.79 Å². The number of likely N-dealkylation sites (N-methyl/N-ethyl adjacent to an activating group) is 1. The van der Waals surface area contributed by atoms with Gasteiger partial charge in [0.15, 0.2) is 0 Å². The molecule has 0 aliphatic carbocycles. The van der Waals surface area contributed by atoms with Gasteiger partial charge in [-0.3, -0.25) is 4.79 Å². The lowest BCUT2D eigenvalue weighted by molar-refractivity contribution is -0.143. The zero-order chi connectivity index (χ0) is 7.90. The van der Waals surface area contributed by atoms with Crippen LogP contribution in [-0.4, -0.2) is 36.5 Å². The molecule has 2 rings (SSSR count). The van der Waals surface area contributed by atoms with Crippen LogP contribution in [0.2, 0.25) is 0 Å². The predicted octanol–water partition coefficient (Wildman–Crippen LogP) is -0.0293. The predicted molar refractivity (Wildman–Crippen MR) is 42.2 cm³/mol. The normalized spacial score (nSPS) is 37.5. The summed E-state index contributed by atoms with van der Waals surface area (Å²) in [5.74, 6) is 0.301. The number of nitrogens with one attached hydrogen (secondary N) is 1. The maximum atomic E-state index is 11.6. The summed E-state index contributed by atoms with van der Waals surface area (Å²) in [6, 6.07) is 0. The molecule has 0 radical (unpaired) electrons. The molecule has 3 nitrogen and oxygen atoms in total. The molecule has 1 spiro atoms. The van der Waals surface area contributed by atoms with Gasteiger partial charge < -0.3 is 10.2 Å². The fraction of sp³-hybridized carbons (Fsp3) is 0.875. The van der Waals surface area contributed by atoms with E-state index < -0.39 is 0 Å². The van der Waals surface area contributed by atoms with Crippen LogP contribution in [0.3, 0.4) is 0 Å². The quantitative estimate of drug-likeness (QED) is 0.531. The summed E-state index contributed by atoms with van der Waals surface area (Å²) in [7, 11) is 1.89. The fourth-order valence-corrected chi connectivity index (χ4v) is 2.01. The van der Waals surface area contributed by atoms with Gasteiger partial charge in [-0.2, -0.15) is 0 Å². The smallest absolute Gasteiger partial charge is 0.242 e. The van der Waals surface area contributed by atoms with Crippen molar-refractivity contribution in [3.05, 3.63) is 0 Å². The lowest BCUT2D eigenvalue weighted by atomic mass is 9.80. The van der Waals surface area contributed by atoms with Crippen LogP contribution in [0.4, 0.5) is 0 Å². The van der Waals surface area contributed by atoms with E-state index in [0.717, 1.165) is 32.4 Å². The third-order valence-electron chi connectivity index (χ3n) is 2.87. The van der Waals surface area contributed by atoms with Gasteiger partial charge in [-0.05, 0) is 25.8 Å². The molecule has 0 bridgehead atoms. The SMILES string of the molecule is CN1CCCC2(CCN2)C1=O. The topological polar surface area (TPSA) is 32.3 Å². The molecule has 0 aromatic rings. The van der Waals surface area contributed by atoms with Gasteiger partial charge in [0.1, 0.15) is 0 Å². The molecule has 0 aromatic carbocycles. The molecule has 11 heavy (non-hydrogen) atoms. The van der Waals surface area contributed by atoms with Crippen molar-refractivity contribution in [2.75, 3.05) is 20.1 Å². The van der Waals surface area contributed by atoms with E-state index in [1.54, 1.807) is 0 Å². The van der Waals surface area contributed by atoms with Crippen LogP contribution in [0, 0.1) is 0 Å². The van der Waals surface area contributed by atoms with E-state index in [0.29, 0.717) is 5.91 Å². The monoisotopic (exact) mass is 154 g/mol. The zero-order valence-electron chi connectivity index (χ0n) is 6.89. The molecular formula is C8H14N2O. The summed E-state index contributed by atoms with van der Waals surface area (Å²) in [4.78, 5) is 13.4. The minimum Gasteiger partial charge on any atom is -0.344 e. The highest BCUT2D eigenvalue weighted by Crippen LogP contribution is 2.30. The van der Waals surface area contributed by atoms with E-state index in [1.165, 1.54) is 0 Å². The molecule has 2 fully saturated rings. The number of hydrogen-bond acceptors (Lipinski definition) is 2. The Balaban J connectivity index is 2.14. The minimum atomic E-state index is -0.132. The highest BCUT2D eigenvalue weighted by Gasteiger charge is 2.46. The molecule has 0 saturated carbocycles. The Hall–Kier alpha value is -0.570. The molecule has 62 valence electrons. The van der Waals surface area contributed by atoms with Gasteiger partial charge in [-0.15, -0.1) is 0 Å². The first-order valence-corrected chi connectivity index (χ1v) is 4.25. The number of rotatable bonds is 0. The Morgan fingerprint density at radius 3 is 2.73 bits per heavy atom. The largest absolute Gasteiger partial charge is 0.344 e. The second kappa shape index (κ2) is 2.21. The van der Waals surface area contributed by atoms with E-state index in [-0.39, 0.29) is 5.54 Å². The Morgan fingerprint density at radius 2 is 2.27 bits per heavy atom. The molecule has 2 saturated heterocycles. The van der Waals surface area contributed by atoms with Crippen LogP contribution in [0.1, 0.15) is 19.3 Å². The molecule has 1 atom stereocenters. The number of likely N-dealkylation sites (tertiary alicyclic amines) is 1. The van der Waals surface area contributed by atoms with Crippen LogP contribution in [0.25, 0.3) is 0 Å². The fourth-order valence-electron chi connectivity index (χ4n) is 2.01. The number of hydrogen-bond donors (Lipinski definition) is 1. The van der Waals surface area contributed by atoms with E-state index in [9.17, 15) is 4.79 Å². The lowest BCUT2D eigenvalue weighted by Crippen LogP contribution is -2.67. The van der Waals surface area contributed by atoms with Crippen LogP contribution >= 0.6 is 0 Å². The van der Waals surface area contributed by atoms with Crippen LogP contribution < -0.4 is 5.32 Å². The summed E-state index contributed by atoms with van der Waals surface area (Å²) < 4.78 is 0. The van der Waals surface area contributed by atoms with Crippen LogP contribution in [-0.2, 0) is 4.79 Å². The second-order valence-electron chi connectivity index (χ2n) is 3.59. The molecule has 2 aliphatic heterocycles. The highest BCUT2D eigenvalue weighted by molar-refractivity contribution is 5.87. The first-order chi connectivity index (χ1) is 5.25. The molecular weight excluding hydrogens is 140 g/mol. The summed E-state index contributed by atoms with van der Waals surface area (Å²) in [5, 5.41) is 3.25. The van der Waals surface area contributed by atoms with Gasteiger partial charge in [0.05, 0.1) is 5.54 Å². The van der Waals surface area contributed by atoms with Crippen molar-refractivity contribution in [3.63, 3.8) is 0 Å². The summed E-state index contributed by atoms with van der Waals surface area (Å²) in [6.07, 6.45) is 3.22. The van der Waals surface area contributed by atoms with Gasteiger partial charge in [0.2, 0.25) is 5.91 Å². The molecule has 1 amide bonds. The lowest BCUT2D eigenvalue weighted by Gasteiger charge is -2.47. The molecule has 3 heteroatoms. The number of nitrogens with zero attached hydrogens (tertiary/aromatic N) is 1. The second-order valence-corrected chi connectivity index (χ2v) is 3.59. The Labute approximate surface area is 66.8 Å². The van der Waals surface area contributed by atoms with Gasteiger partial charge in [-0.1, -0.05) is 0 Å². The highest BCUT2D eigenvalue weighted by atomic mass is 16.2. The zero-order valence-corrected chi connectivity index (χ0v) is 6.89. The third kappa shape index (κ3) is 0.872. The Bertz CT molecular complexity index is 187. The van der Waals surface area contributed by atoms with Gasteiger partial charge >= 0.3 is 0 Å². The van der Waals surface area contributed by atoms with E-state index in [1.807, 2.05) is 11.9 Å². The number of carbonyl (C=O) groups excluding carboxylic acids is 1. The van der Waals surface area contributed by atoms with E-state index in [2.05, 4.69) is 5.32 Å². The summed E-state index contributed by atoms with van der Waals surface area (Å²) in [5.41, 5.74) is -0.132. The molecule has 0 aromatic heterocycles. The van der Waals surface area contributed by atoms with Gasteiger partial charge in [-0.25, -0.2) is 0 Å². The van der Waals surface area contributed by atoms with E-state index in [4.69, 9.17) is 0 Å². The summed E-state index contributed by atoms with van der Waals surface area (Å²) in [6.45, 7) is 1.95. The van der Waals surface area contributed by atoms with Crippen molar-refractivity contribution in [3.8, 4) is 0 Å². The Morgan fingerprint density at radius 1 is 1.55 bits per heavy atom. The number of carbonyl (C=O) groups is 1. The number of piperidine rings is 1. The van der Waals surface area contributed by atoms with Crippen molar-refractivity contribution in [2.24, 2.45) is 0 Å². The van der Waals surface area contributed by atoms with Crippen molar-refractivity contribution >= 4 is 5.91 Å². The van der Waals surface area contributed by atoms with Crippen LogP contribution in [0.5, 0.6) is 0 Å². The molecule has 1 unspecified atom stereocenters. The average molecular weight is 154 g/mol. The third-order valence-corrected chi connectivity index (χ3v) is 2.87. The van der Waals surface area contributed by atoms with Crippen molar-refractivity contribution in [2.45, 2.75) is 24.8 Å². The summed E-state index contributed by atoms with van der Waals surface area (Å²) >= 11 is 0. The van der Waals surface area contributed by atoms with E-state index >= 15 is 0 Å². The standard InChI is InChI=1S/C8H14N2O/c1-10-6-2-3-8(7(10)11)4-5-9-8/h9H,2-6H2,1H3. The number of amides is 1. The van der Waals surface area contributed by atoms with Gasteiger partial charge in [0, 0.05) is 13.6 Å². The maximum absolute atomic E-state index is 11.6. The molecule has 2 heterocycles. The van der Waals surface area contributed by atoms with Gasteiger partial charge in [0.25, 0.3) is 0 Å². The van der Waals surface area contributed by atoms with Crippen molar-refractivity contribution in [1.82, 2.24) is 10.2 Å². The minimum absolute atomic E-state index is 0.132. The average Bonchev–Trinajstić information content (AvgIpc) is 1.91. The molecule has 2 aliphatic rings. The van der Waals surface area contributed by atoms with Crippen LogP contribution in [0.15, 0.2) is 0 Å². The van der Waals surface area contributed by atoms with Crippen molar-refractivity contribution in [1.29, 1.82) is 0 Å². The Kier molecular flexibility index (Phi) is 1.42. The first kappa shape index (κ1) is 7.10. The maximum Gasteiger partial charge on any atom is 0.242 e. The first-order valence-electron chi connectivity index (χ1n) is 4.25. The molecule has 1 N–H and O–H groups in total.